The fourth-order valence-electron chi connectivity index (χ4n) is 1.29. The van der Waals surface area contributed by atoms with Gasteiger partial charge in [-0.25, -0.2) is 0 Å². The van der Waals surface area contributed by atoms with Gasteiger partial charge >= 0.3 is 0 Å². The number of nitrogens with zero attached hydrogens (tertiary/aromatic N) is 1. The lowest BCUT2D eigenvalue weighted by molar-refractivity contribution is 0.471. The van der Waals surface area contributed by atoms with Crippen molar-refractivity contribution in [1.82, 2.24) is 0 Å². The van der Waals surface area contributed by atoms with Crippen molar-refractivity contribution in [3.63, 3.8) is 0 Å². The molecule has 2 nitrogen and oxygen atoms in total. The highest BCUT2D eigenvalue weighted by molar-refractivity contribution is 9.10. The number of hydrogen-bond donors (Lipinski definition) is 1. The van der Waals surface area contributed by atoms with Crippen molar-refractivity contribution in [3.8, 4) is 5.75 Å². The van der Waals surface area contributed by atoms with E-state index in [0.29, 0.717) is 10.0 Å². The molecular weight excluding hydrogens is 266 g/mol. The third-order valence-electron chi connectivity index (χ3n) is 2.13. The van der Waals surface area contributed by atoms with E-state index in [9.17, 15) is 5.11 Å². The lowest BCUT2D eigenvalue weighted by atomic mass is 10.2. The smallest absolute Gasteiger partial charge is 0.138 e. The molecule has 2 rings (SSSR count). The number of aliphatic imine (C=N–C) groups is 1. The predicted octanol–water partition coefficient (Wildman–Crippen LogP) is 3.91. The van der Waals surface area contributed by atoms with Crippen LogP contribution in [0.25, 0.3) is 0 Å². The van der Waals surface area contributed by atoms with E-state index in [0.717, 1.165) is 5.69 Å². The van der Waals surface area contributed by atoms with E-state index < -0.39 is 0 Å². The largest absolute Gasteiger partial charge is 0.506 e. The van der Waals surface area contributed by atoms with Crippen molar-refractivity contribution in [1.29, 1.82) is 0 Å². The Kier molecular flexibility index (Phi) is 3.37. The summed E-state index contributed by atoms with van der Waals surface area (Å²) in [6, 6.07) is 15.1. The van der Waals surface area contributed by atoms with Gasteiger partial charge in [-0.3, -0.25) is 4.99 Å². The molecule has 0 unspecified atom stereocenters. The van der Waals surface area contributed by atoms with Crippen LogP contribution in [0.1, 0.15) is 5.56 Å². The second-order valence-corrected chi connectivity index (χ2v) is 4.13. The summed E-state index contributed by atoms with van der Waals surface area (Å²) in [5.41, 5.74) is 1.56. The molecule has 0 aliphatic heterocycles. The minimum absolute atomic E-state index is 0.210. The Bertz CT molecular complexity index is 509. The van der Waals surface area contributed by atoms with Crippen LogP contribution in [0.15, 0.2) is 58.0 Å². The van der Waals surface area contributed by atoms with Gasteiger partial charge in [0, 0.05) is 11.8 Å². The topological polar surface area (TPSA) is 32.6 Å². The Labute approximate surface area is 102 Å². The van der Waals surface area contributed by atoms with Crippen molar-refractivity contribution in [3.05, 3.63) is 58.6 Å². The molecule has 0 amide bonds. The van der Waals surface area contributed by atoms with Gasteiger partial charge in [-0.15, -0.1) is 0 Å². The van der Waals surface area contributed by atoms with Crippen molar-refractivity contribution < 1.29 is 5.11 Å². The number of halogens is 1. The summed E-state index contributed by atoms with van der Waals surface area (Å²) in [6.45, 7) is 0. The number of para-hydroxylation sites is 2. The molecule has 0 bridgehead atoms. The van der Waals surface area contributed by atoms with Gasteiger partial charge in [-0.1, -0.05) is 24.3 Å². The monoisotopic (exact) mass is 275 g/mol. The SMILES string of the molecule is Oc1c(Br)cccc1/C=N/c1ccccc1. The van der Waals surface area contributed by atoms with Crippen LogP contribution in [0.5, 0.6) is 5.75 Å². The van der Waals surface area contributed by atoms with E-state index in [1.165, 1.54) is 0 Å². The van der Waals surface area contributed by atoms with Crippen LogP contribution in [-0.4, -0.2) is 11.3 Å². The Morgan fingerprint density at radius 2 is 1.75 bits per heavy atom. The van der Waals surface area contributed by atoms with E-state index in [4.69, 9.17) is 0 Å². The Balaban J connectivity index is 2.28. The van der Waals surface area contributed by atoms with Crippen molar-refractivity contribution >= 4 is 27.8 Å². The van der Waals surface area contributed by atoms with E-state index in [2.05, 4.69) is 20.9 Å². The van der Waals surface area contributed by atoms with Crippen LogP contribution in [0.4, 0.5) is 5.69 Å². The predicted molar refractivity (Wildman–Crippen MR) is 69.5 cm³/mol. The highest BCUT2D eigenvalue weighted by atomic mass is 79.9. The first-order valence-corrected chi connectivity index (χ1v) is 5.63. The van der Waals surface area contributed by atoms with Crippen molar-refractivity contribution in [2.45, 2.75) is 0 Å². The van der Waals surface area contributed by atoms with Crippen LogP contribution in [0, 0.1) is 0 Å². The third-order valence-corrected chi connectivity index (χ3v) is 2.77. The Morgan fingerprint density at radius 1 is 1.00 bits per heavy atom. The molecule has 2 aromatic rings. The maximum absolute atomic E-state index is 9.74. The molecule has 0 aromatic heterocycles. The molecule has 0 radical (unpaired) electrons. The molecule has 0 saturated heterocycles. The molecule has 0 aliphatic carbocycles. The minimum atomic E-state index is 0.210. The molecule has 0 saturated carbocycles. The van der Waals surface area contributed by atoms with E-state index in [1.54, 1.807) is 12.3 Å². The van der Waals surface area contributed by atoms with Crippen LogP contribution in [0.3, 0.4) is 0 Å². The summed E-state index contributed by atoms with van der Waals surface area (Å²) < 4.78 is 0.671. The second-order valence-electron chi connectivity index (χ2n) is 3.27. The Morgan fingerprint density at radius 3 is 2.50 bits per heavy atom. The standard InChI is InChI=1S/C13H10BrNO/c14-12-8-4-5-10(13(12)16)9-15-11-6-2-1-3-7-11/h1-9,16H/b15-9+. The molecule has 0 heterocycles. The first-order chi connectivity index (χ1) is 7.77. The van der Waals surface area contributed by atoms with Gasteiger partial charge in [-0.05, 0) is 40.2 Å². The summed E-state index contributed by atoms with van der Waals surface area (Å²) in [5, 5.41) is 9.74. The third kappa shape index (κ3) is 2.49. The normalized spacial score (nSPS) is 10.8. The first-order valence-electron chi connectivity index (χ1n) is 4.84. The average Bonchev–Trinajstić information content (AvgIpc) is 2.32. The van der Waals surface area contributed by atoms with Crippen molar-refractivity contribution in [2.24, 2.45) is 4.99 Å². The zero-order chi connectivity index (χ0) is 11.4. The van der Waals surface area contributed by atoms with Crippen LogP contribution in [0.2, 0.25) is 0 Å². The maximum Gasteiger partial charge on any atom is 0.138 e. The zero-order valence-corrected chi connectivity index (χ0v) is 10.1. The molecule has 3 heteroatoms. The number of phenolic OH excluding ortho intramolecular Hbond substituents is 1. The summed E-state index contributed by atoms with van der Waals surface area (Å²) in [4.78, 5) is 4.27. The van der Waals surface area contributed by atoms with Gasteiger partial charge in [0.05, 0.1) is 10.2 Å². The minimum Gasteiger partial charge on any atom is -0.506 e. The summed E-state index contributed by atoms with van der Waals surface area (Å²) in [6.07, 6.45) is 1.65. The molecule has 16 heavy (non-hydrogen) atoms. The van der Waals surface area contributed by atoms with Gasteiger partial charge < -0.3 is 5.11 Å². The lowest BCUT2D eigenvalue weighted by Crippen LogP contribution is -1.82. The molecule has 2 aromatic carbocycles. The van der Waals surface area contributed by atoms with Gasteiger partial charge in [0.25, 0.3) is 0 Å². The summed E-state index contributed by atoms with van der Waals surface area (Å²) in [5.74, 6) is 0.210. The quantitative estimate of drug-likeness (QED) is 0.829. The van der Waals surface area contributed by atoms with Crippen molar-refractivity contribution in [2.75, 3.05) is 0 Å². The molecule has 80 valence electrons. The highest BCUT2D eigenvalue weighted by Crippen LogP contribution is 2.26. The van der Waals surface area contributed by atoms with E-state index in [1.807, 2.05) is 42.5 Å². The number of phenols is 1. The van der Waals surface area contributed by atoms with Gasteiger partial charge in [0.1, 0.15) is 5.75 Å². The fourth-order valence-corrected chi connectivity index (χ4v) is 1.68. The number of rotatable bonds is 2. The van der Waals surface area contributed by atoms with E-state index >= 15 is 0 Å². The highest BCUT2D eigenvalue weighted by Gasteiger charge is 2.01. The van der Waals surface area contributed by atoms with Gasteiger partial charge in [0.15, 0.2) is 0 Å². The fraction of sp³-hybridized carbons (Fsp3) is 0. The second kappa shape index (κ2) is 4.94. The van der Waals surface area contributed by atoms with Gasteiger partial charge in [0.2, 0.25) is 0 Å². The van der Waals surface area contributed by atoms with Crippen LogP contribution in [-0.2, 0) is 0 Å². The average molecular weight is 276 g/mol. The lowest BCUT2D eigenvalue weighted by Gasteiger charge is -2.00. The maximum atomic E-state index is 9.74. The molecule has 0 fully saturated rings. The number of benzene rings is 2. The number of aromatic hydroxyl groups is 1. The zero-order valence-electron chi connectivity index (χ0n) is 8.47. The Hall–Kier alpha value is -1.61. The molecule has 0 atom stereocenters. The van der Waals surface area contributed by atoms with Crippen LogP contribution >= 0.6 is 15.9 Å². The van der Waals surface area contributed by atoms with E-state index in [-0.39, 0.29) is 5.75 Å². The molecular formula is C13H10BrNO. The molecule has 0 aliphatic rings. The van der Waals surface area contributed by atoms with Gasteiger partial charge in [-0.2, -0.15) is 0 Å². The first kappa shape index (κ1) is 10.9. The summed E-state index contributed by atoms with van der Waals surface area (Å²) in [7, 11) is 0. The number of hydrogen-bond acceptors (Lipinski definition) is 2. The van der Waals surface area contributed by atoms with Crippen LogP contribution < -0.4 is 0 Å². The molecule has 1 N–H and O–H groups in total. The molecule has 0 spiro atoms. The summed E-state index contributed by atoms with van der Waals surface area (Å²) >= 11 is 3.26.